The molecule has 1 aromatic rings. The number of carbonyl (C=O) groups is 2. The molecule has 1 aliphatic heterocycles. The average Bonchev–Trinajstić information content (AvgIpc) is 2.59. The second kappa shape index (κ2) is 8.45. The maximum atomic E-state index is 12.3. The first-order valence-corrected chi connectivity index (χ1v) is 8.16. The van der Waals surface area contributed by atoms with Crippen LogP contribution in [0.4, 0.5) is 5.82 Å². The first kappa shape index (κ1) is 17.2. The third-order valence-corrected chi connectivity index (χ3v) is 4.20. The van der Waals surface area contributed by atoms with Gasteiger partial charge in [0.25, 0.3) is 0 Å². The monoisotopic (exact) mass is 320 g/mol. The number of rotatable bonds is 7. The third kappa shape index (κ3) is 4.91. The van der Waals surface area contributed by atoms with Crippen LogP contribution in [0.25, 0.3) is 0 Å². The van der Waals surface area contributed by atoms with E-state index in [0.717, 1.165) is 31.7 Å². The Balaban J connectivity index is 1.84. The lowest BCUT2D eigenvalue weighted by Gasteiger charge is -2.32. The maximum Gasteiger partial charge on any atom is 0.326 e. The Morgan fingerprint density at radius 3 is 2.70 bits per heavy atom. The molecule has 2 rings (SSSR count). The molecule has 0 radical (unpaired) electrons. The van der Waals surface area contributed by atoms with Gasteiger partial charge in [0.2, 0.25) is 5.91 Å². The summed E-state index contributed by atoms with van der Waals surface area (Å²) in [6.07, 6.45) is 8.58. The van der Waals surface area contributed by atoms with E-state index < -0.39 is 12.0 Å². The Bertz CT molecular complexity index is 515. The third-order valence-electron chi connectivity index (χ3n) is 4.20. The van der Waals surface area contributed by atoms with E-state index in [9.17, 15) is 14.7 Å². The number of hydrogen-bond acceptors (Lipinski definition) is 5. The number of hydrogen-bond donors (Lipinski definition) is 2. The molecular weight excluding hydrogens is 296 g/mol. The molecule has 7 heteroatoms. The Morgan fingerprint density at radius 2 is 2.13 bits per heavy atom. The SMILES string of the molecule is CCCC[C@H](NC(=O)C1CCN(c2cnccn2)CC1)C(=O)O. The van der Waals surface area contributed by atoms with Gasteiger partial charge in [-0.05, 0) is 19.3 Å². The summed E-state index contributed by atoms with van der Waals surface area (Å²) in [5.41, 5.74) is 0. The van der Waals surface area contributed by atoms with Crippen LogP contribution in [0.2, 0.25) is 0 Å². The number of piperidine rings is 1. The van der Waals surface area contributed by atoms with E-state index in [1.54, 1.807) is 18.6 Å². The molecular formula is C16H24N4O3. The number of aromatic nitrogens is 2. The average molecular weight is 320 g/mol. The summed E-state index contributed by atoms with van der Waals surface area (Å²) in [5.74, 6) is -0.416. The molecule has 1 aliphatic rings. The molecule has 0 unspecified atom stereocenters. The van der Waals surface area contributed by atoms with Crippen molar-refractivity contribution in [1.29, 1.82) is 0 Å². The summed E-state index contributed by atoms with van der Waals surface area (Å²) in [5, 5.41) is 11.9. The van der Waals surface area contributed by atoms with Crippen LogP contribution >= 0.6 is 0 Å². The lowest BCUT2D eigenvalue weighted by Crippen LogP contribution is -2.46. The minimum absolute atomic E-state index is 0.133. The van der Waals surface area contributed by atoms with E-state index in [2.05, 4.69) is 20.2 Å². The van der Waals surface area contributed by atoms with E-state index in [1.807, 2.05) is 6.92 Å². The normalized spacial score (nSPS) is 16.8. The summed E-state index contributed by atoms with van der Waals surface area (Å²) < 4.78 is 0. The number of nitrogens with one attached hydrogen (secondary N) is 1. The molecule has 1 aromatic heterocycles. The smallest absolute Gasteiger partial charge is 0.326 e. The van der Waals surface area contributed by atoms with E-state index in [0.29, 0.717) is 19.3 Å². The summed E-state index contributed by atoms with van der Waals surface area (Å²) in [6.45, 7) is 3.45. The molecule has 2 heterocycles. The van der Waals surface area contributed by atoms with Gasteiger partial charge in [0, 0.05) is 31.4 Å². The number of anilines is 1. The highest BCUT2D eigenvalue weighted by Crippen LogP contribution is 2.21. The van der Waals surface area contributed by atoms with Crippen LogP contribution in [-0.4, -0.2) is 46.1 Å². The van der Waals surface area contributed by atoms with Crippen molar-refractivity contribution in [3.8, 4) is 0 Å². The Morgan fingerprint density at radius 1 is 1.39 bits per heavy atom. The molecule has 2 N–H and O–H groups in total. The van der Waals surface area contributed by atoms with Gasteiger partial charge < -0.3 is 15.3 Å². The van der Waals surface area contributed by atoms with Crippen molar-refractivity contribution in [3.05, 3.63) is 18.6 Å². The summed E-state index contributed by atoms with van der Waals surface area (Å²) in [7, 11) is 0. The quantitative estimate of drug-likeness (QED) is 0.789. The zero-order chi connectivity index (χ0) is 16.7. The number of carbonyl (C=O) groups excluding carboxylic acids is 1. The predicted molar refractivity (Wildman–Crippen MR) is 86.1 cm³/mol. The number of carboxylic acids is 1. The van der Waals surface area contributed by atoms with Gasteiger partial charge in [0.15, 0.2) is 0 Å². The van der Waals surface area contributed by atoms with Gasteiger partial charge in [-0.15, -0.1) is 0 Å². The standard InChI is InChI=1S/C16H24N4O3/c1-2-3-4-13(16(22)23)19-15(21)12-5-9-20(10-6-12)14-11-17-7-8-18-14/h7-8,11-13H,2-6,9-10H2,1H3,(H,19,21)(H,22,23)/t13-/m0/s1. The maximum absolute atomic E-state index is 12.3. The van der Waals surface area contributed by atoms with E-state index >= 15 is 0 Å². The van der Waals surface area contributed by atoms with Crippen molar-refractivity contribution < 1.29 is 14.7 Å². The van der Waals surface area contributed by atoms with E-state index in [4.69, 9.17) is 0 Å². The first-order chi connectivity index (χ1) is 11.1. The Hall–Kier alpha value is -2.18. The number of carboxylic acid groups (broad SMARTS) is 1. The highest BCUT2D eigenvalue weighted by molar-refractivity contribution is 5.85. The predicted octanol–water partition coefficient (Wildman–Crippen LogP) is 1.45. The van der Waals surface area contributed by atoms with Gasteiger partial charge in [-0.1, -0.05) is 19.8 Å². The molecule has 0 aliphatic carbocycles. The van der Waals surface area contributed by atoms with Crippen LogP contribution in [0.5, 0.6) is 0 Å². The molecule has 1 saturated heterocycles. The van der Waals surface area contributed by atoms with E-state index in [1.165, 1.54) is 0 Å². The van der Waals surface area contributed by atoms with Gasteiger partial charge in [0.05, 0.1) is 6.20 Å². The van der Waals surface area contributed by atoms with Gasteiger partial charge in [0.1, 0.15) is 11.9 Å². The minimum Gasteiger partial charge on any atom is -0.480 e. The van der Waals surface area contributed by atoms with Crippen molar-refractivity contribution in [2.45, 2.75) is 45.1 Å². The molecule has 23 heavy (non-hydrogen) atoms. The first-order valence-electron chi connectivity index (χ1n) is 8.16. The van der Waals surface area contributed by atoms with Crippen molar-refractivity contribution in [3.63, 3.8) is 0 Å². The lowest BCUT2D eigenvalue weighted by atomic mass is 9.95. The molecule has 0 aromatic carbocycles. The molecule has 0 saturated carbocycles. The van der Waals surface area contributed by atoms with Crippen molar-refractivity contribution in [2.75, 3.05) is 18.0 Å². The molecule has 1 atom stereocenters. The fourth-order valence-corrected chi connectivity index (χ4v) is 2.78. The highest BCUT2D eigenvalue weighted by atomic mass is 16.4. The van der Waals surface area contributed by atoms with Gasteiger partial charge in [-0.2, -0.15) is 0 Å². The van der Waals surface area contributed by atoms with Crippen LogP contribution in [0.3, 0.4) is 0 Å². The van der Waals surface area contributed by atoms with Crippen molar-refractivity contribution in [2.24, 2.45) is 5.92 Å². The zero-order valence-electron chi connectivity index (χ0n) is 13.4. The largest absolute Gasteiger partial charge is 0.480 e. The van der Waals surface area contributed by atoms with Crippen LogP contribution < -0.4 is 10.2 Å². The second-order valence-corrected chi connectivity index (χ2v) is 5.87. The molecule has 1 amide bonds. The number of amides is 1. The highest BCUT2D eigenvalue weighted by Gasteiger charge is 2.28. The van der Waals surface area contributed by atoms with Gasteiger partial charge >= 0.3 is 5.97 Å². The molecule has 126 valence electrons. The van der Waals surface area contributed by atoms with Gasteiger partial charge in [-0.3, -0.25) is 9.78 Å². The second-order valence-electron chi connectivity index (χ2n) is 5.87. The zero-order valence-corrected chi connectivity index (χ0v) is 13.4. The van der Waals surface area contributed by atoms with Gasteiger partial charge in [-0.25, -0.2) is 9.78 Å². The van der Waals surface area contributed by atoms with Crippen LogP contribution in [0.1, 0.15) is 39.0 Å². The Labute approximate surface area is 136 Å². The van der Waals surface area contributed by atoms with Crippen molar-refractivity contribution >= 4 is 17.7 Å². The number of unbranched alkanes of at least 4 members (excludes halogenated alkanes) is 1. The summed E-state index contributed by atoms with van der Waals surface area (Å²) in [6, 6.07) is -0.777. The van der Waals surface area contributed by atoms with Crippen LogP contribution in [-0.2, 0) is 9.59 Å². The topological polar surface area (TPSA) is 95.4 Å². The number of aliphatic carboxylic acids is 1. The Kier molecular flexibility index (Phi) is 6.31. The minimum atomic E-state index is -0.955. The fraction of sp³-hybridized carbons (Fsp3) is 0.625. The van der Waals surface area contributed by atoms with Crippen molar-refractivity contribution in [1.82, 2.24) is 15.3 Å². The molecule has 1 fully saturated rings. The summed E-state index contributed by atoms with van der Waals surface area (Å²) >= 11 is 0. The molecule has 0 bridgehead atoms. The molecule has 7 nitrogen and oxygen atoms in total. The fourth-order valence-electron chi connectivity index (χ4n) is 2.78. The van der Waals surface area contributed by atoms with Crippen LogP contribution in [0, 0.1) is 5.92 Å². The van der Waals surface area contributed by atoms with E-state index in [-0.39, 0.29) is 11.8 Å². The van der Waals surface area contributed by atoms with Crippen LogP contribution in [0.15, 0.2) is 18.6 Å². The molecule has 0 spiro atoms. The number of nitrogens with zero attached hydrogens (tertiary/aromatic N) is 3. The lowest BCUT2D eigenvalue weighted by molar-refractivity contribution is -0.142. The summed E-state index contributed by atoms with van der Waals surface area (Å²) in [4.78, 5) is 33.9.